The van der Waals surface area contributed by atoms with Crippen molar-refractivity contribution in [1.82, 2.24) is 9.58 Å². The fraction of sp³-hybridized carbons (Fsp3) is 0.188. The third-order valence-electron chi connectivity index (χ3n) is 7.18. The van der Waals surface area contributed by atoms with Gasteiger partial charge in [0.1, 0.15) is 13.3 Å². The first-order valence-corrected chi connectivity index (χ1v) is 13.0. The van der Waals surface area contributed by atoms with E-state index in [9.17, 15) is 9.59 Å². The SMILES string of the molecule is O=C1c2c(OCc3ccccc3)c(=O)ccn2N2CN1C/C=C\CCc1ccccc1C2c1ccccc1. The molecule has 6 nitrogen and oxygen atoms in total. The highest BCUT2D eigenvalue weighted by Crippen LogP contribution is 2.34. The lowest BCUT2D eigenvalue weighted by Crippen LogP contribution is -2.55. The molecule has 1 amide bonds. The quantitative estimate of drug-likeness (QED) is 0.365. The second-order valence-corrected chi connectivity index (χ2v) is 9.61. The molecule has 1 unspecified atom stereocenters. The number of carbonyl (C=O) groups excluding carboxylic acids is 1. The maximum absolute atomic E-state index is 13.9. The topological polar surface area (TPSA) is 54.8 Å². The molecule has 1 atom stereocenters. The van der Waals surface area contributed by atoms with Gasteiger partial charge in [-0.2, -0.15) is 0 Å². The second-order valence-electron chi connectivity index (χ2n) is 9.61. The van der Waals surface area contributed by atoms with Gasteiger partial charge >= 0.3 is 0 Å². The number of hydrogen-bond donors (Lipinski definition) is 0. The molecule has 1 aromatic heterocycles. The number of fused-ring (bicyclic) bond motifs is 5. The Balaban J connectivity index is 1.54. The van der Waals surface area contributed by atoms with E-state index in [2.05, 4.69) is 47.5 Å². The molecule has 0 aliphatic carbocycles. The van der Waals surface area contributed by atoms with Gasteiger partial charge in [-0.1, -0.05) is 97.1 Å². The fourth-order valence-corrected chi connectivity index (χ4v) is 5.33. The van der Waals surface area contributed by atoms with Crippen LogP contribution in [-0.4, -0.2) is 28.7 Å². The molecule has 0 saturated heterocycles. The highest BCUT2D eigenvalue weighted by molar-refractivity contribution is 5.96. The molecular formula is C32H29N3O3. The van der Waals surface area contributed by atoms with E-state index in [1.807, 2.05) is 59.3 Å². The monoisotopic (exact) mass is 503 g/mol. The second kappa shape index (κ2) is 10.4. The molecule has 2 aliphatic heterocycles. The van der Waals surface area contributed by atoms with Crippen LogP contribution >= 0.6 is 0 Å². The number of rotatable bonds is 4. The molecule has 6 heteroatoms. The molecule has 2 aliphatic rings. The number of aromatic nitrogens is 1. The van der Waals surface area contributed by atoms with Crippen LogP contribution in [0.1, 0.15) is 45.2 Å². The maximum atomic E-state index is 13.9. The number of nitrogens with zero attached hydrogens (tertiary/aromatic N) is 3. The number of ether oxygens (including phenoxy) is 1. The fourth-order valence-electron chi connectivity index (χ4n) is 5.33. The van der Waals surface area contributed by atoms with E-state index in [-0.39, 0.29) is 35.4 Å². The number of carbonyl (C=O) groups is 1. The molecule has 6 rings (SSSR count). The summed E-state index contributed by atoms with van der Waals surface area (Å²) >= 11 is 0. The van der Waals surface area contributed by atoms with Gasteiger partial charge in [0, 0.05) is 18.8 Å². The van der Waals surface area contributed by atoms with Crippen molar-refractivity contribution in [1.29, 1.82) is 0 Å². The average Bonchev–Trinajstić information content (AvgIpc) is 2.99. The van der Waals surface area contributed by atoms with Gasteiger partial charge in [0.15, 0.2) is 11.4 Å². The van der Waals surface area contributed by atoms with Crippen molar-refractivity contribution in [3.8, 4) is 5.75 Å². The summed E-state index contributed by atoms with van der Waals surface area (Å²) in [6.07, 6.45) is 7.67. The molecule has 0 saturated carbocycles. The molecular weight excluding hydrogens is 474 g/mol. The van der Waals surface area contributed by atoms with E-state index in [1.54, 1.807) is 11.1 Å². The van der Waals surface area contributed by atoms with Crippen LogP contribution in [0.4, 0.5) is 0 Å². The van der Waals surface area contributed by atoms with Gasteiger partial charge < -0.3 is 9.64 Å². The van der Waals surface area contributed by atoms with E-state index < -0.39 is 0 Å². The van der Waals surface area contributed by atoms with Crippen LogP contribution in [0.3, 0.4) is 0 Å². The Morgan fingerprint density at radius 2 is 1.55 bits per heavy atom. The van der Waals surface area contributed by atoms with Gasteiger partial charge in [-0.25, -0.2) is 0 Å². The van der Waals surface area contributed by atoms with Crippen molar-refractivity contribution < 1.29 is 9.53 Å². The Morgan fingerprint density at radius 3 is 2.37 bits per heavy atom. The Hall–Kier alpha value is -4.58. The van der Waals surface area contributed by atoms with Crippen molar-refractivity contribution >= 4 is 5.91 Å². The van der Waals surface area contributed by atoms with Crippen molar-refractivity contribution in [3.63, 3.8) is 0 Å². The molecule has 0 spiro atoms. The lowest BCUT2D eigenvalue weighted by atomic mass is 9.92. The minimum absolute atomic E-state index is 0.0787. The molecule has 4 aromatic rings. The summed E-state index contributed by atoms with van der Waals surface area (Å²) in [6, 6.07) is 29.8. The highest BCUT2D eigenvalue weighted by atomic mass is 16.5. The lowest BCUT2D eigenvalue weighted by molar-refractivity contribution is 0.0698. The third-order valence-corrected chi connectivity index (χ3v) is 7.18. The molecule has 3 heterocycles. The Kier molecular flexibility index (Phi) is 6.53. The standard InChI is InChI=1S/C32H29N3O3/c36-28-19-21-34-30(31(28)38-22-24-12-4-1-5-13-24)32(37)33-20-11-3-8-14-25-15-9-10-18-27(25)29(35(34)23-33)26-16-6-2-7-17-26/h1-7,9-13,15-19,21,29H,8,14,20,22-23H2/b11-3-. The first kappa shape index (κ1) is 23.8. The van der Waals surface area contributed by atoms with Gasteiger partial charge in [0.25, 0.3) is 5.91 Å². The molecule has 0 N–H and O–H groups in total. The van der Waals surface area contributed by atoms with E-state index in [0.29, 0.717) is 13.2 Å². The van der Waals surface area contributed by atoms with E-state index in [1.165, 1.54) is 17.2 Å². The molecule has 0 radical (unpaired) electrons. The van der Waals surface area contributed by atoms with E-state index in [0.717, 1.165) is 24.0 Å². The smallest absolute Gasteiger partial charge is 0.278 e. The zero-order chi connectivity index (χ0) is 25.9. The first-order chi connectivity index (χ1) is 18.7. The van der Waals surface area contributed by atoms with Gasteiger partial charge in [-0.05, 0) is 35.1 Å². The third kappa shape index (κ3) is 4.50. The van der Waals surface area contributed by atoms with Crippen LogP contribution in [0.5, 0.6) is 5.75 Å². The van der Waals surface area contributed by atoms with E-state index >= 15 is 0 Å². The number of hydrogen-bond acceptors (Lipinski definition) is 4. The average molecular weight is 504 g/mol. The summed E-state index contributed by atoms with van der Waals surface area (Å²) in [7, 11) is 0. The predicted octanol–water partition coefficient (Wildman–Crippen LogP) is 5.07. The van der Waals surface area contributed by atoms with Gasteiger partial charge in [0.05, 0.1) is 6.04 Å². The predicted molar refractivity (Wildman–Crippen MR) is 148 cm³/mol. The van der Waals surface area contributed by atoms with Crippen molar-refractivity contribution in [2.24, 2.45) is 0 Å². The normalized spacial score (nSPS) is 17.7. The molecule has 38 heavy (non-hydrogen) atoms. The van der Waals surface area contributed by atoms with Crippen LogP contribution in [0.15, 0.2) is 114 Å². The summed E-state index contributed by atoms with van der Waals surface area (Å²) in [5.74, 6) is -0.138. The number of amides is 1. The summed E-state index contributed by atoms with van der Waals surface area (Å²) in [5.41, 5.74) is 4.43. The van der Waals surface area contributed by atoms with Crippen LogP contribution in [-0.2, 0) is 13.0 Å². The zero-order valence-corrected chi connectivity index (χ0v) is 21.1. The van der Waals surface area contributed by atoms with Crippen molar-refractivity contribution in [2.75, 3.05) is 18.2 Å². The van der Waals surface area contributed by atoms with Gasteiger partial charge in [-0.3, -0.25) is 19.3 Å². The summed E-state index contributed by atoms with van der Waals surface area (Å²) < 4.78 is 7.92. The van der Waals surface area contributed by atoms with Crippen LogP contribution in [0.2, 0.25) is 0 Å². The highest BCUT2D eigenvalue weighted by Gasteiger charge is 2.37. The Bertz CT molecular complexity index is 1530. The molecule has 0 fully saturated rings. The summed E-state index contributed by atoms with van der Waals surface area (Å²) in [6.45, 7) is 1.02. The minimum atomic E-state index is -0.307. The van der Waals surface area contributed by atoms with Crippen LogP contribution in [0, 0.1) is 0 Å². The zero-order valence-electron chi connectivity index (χ0n) is 21.1. The molecule has 2 bridgehead atoms. The summed E-state index contributed by atoms with van der Waals surface area (Å²) in [5, 5.41) is 2.17. The number of aryl methyl sites for hydroxylation is 1. The number of benzene rings is 3. The van der Waals surface area contributed by atoms with Crippen molar-refractivity contribution in [2.45, 2.75) is 25.5 Å². The Morgan fingerprint density at radius 1 is 0.816 bits per heavy atom. The van der Waals surface area contributed by atoms with Gasteiger partial charge in [-0.15, -0.1) is 0 Å². The van der Waals surface area contributed by atoms with E-state index in [4.69, 9.17) is 4.74 Å². The lowest BCUT2D eigenvalue weighted by Gasteiger charge is -2.44. The molecule has 190 valence electrons. The van der Waals surface area contributed by atoms with Crippen LogP contribution in [0.25, 0.3) is 0 Å². The van der Waals surface area contributed by atoms with Gasteiger partial charge in [0.2, 0.25) is 5.43 Å². The van der Waals surface area contributed by atoms with Crippen molar-refractivity contribution in [3.05, 3.63) is 148 Å². The number of pyridine rings is 1. The van der Waals surface area contributed by atoms with Crippen LogP contribution < -0.4 is 15.2 Å². The maximum Gasteiger partial charge on any atom is 0.278 e. The number of allylic oxidation sites excluding steroid dienone is 1. The Labute approximate surface area is 222 Å². The summed E-state index contributed by atoms with van der Waals surface area (Å²) in [4.78, 5) is 28.8. The molecule has 3 aromatic carbocycles. The first-order valence-electron chi connectivity index (χ1n) is 13.0. The largest absolute Gasteiger partial charge is 0.482 e. The minimum Gasteiger partial charge on any atom is -0.482 e.